The molecule has 0 saturated carbocycles. The fraction of sp³-hybridized carbons (Fsp3) is 0.333. The molecule has 1 heterocycles. The second kappa shape index (κ2) is 6.86. The van der Waals surface area contributed by atoms with Crippen molar-refractivity contribution in [1.29, 1.82) is 0 Å². The Hall–Kier alpha value is -2.14. The van der Waals surface area contributed by atoms with E-state index in [1.165, 1.54) is 0 Å². The number of hydrogen-bond acceptors (Lipinski definition) is 4. The van der Waals surface area contributed by atoms with Crippen LogP contribution in [0.1, 0.15) is 12.6 Å². The summed E-state index contributed by atoms with van der Waals surface area (Å²) < 4.78 is 5.42. The van der Waals surface area contributed by atoms with Crippen molar-refractivity contribution in [3.8, 4) is 11.5 Å². The number of oxazole rings is 1. The summed E-state index contributed by atoms with van der Waals surface area (Å²) in [6.07, 6.45) is 1.57. The third-order valence-electron chi connectivity index (χ3n) is 2.97. The molecule has 106 valence electrons. The first kappa shape index (κ1) is 14.3. The van der Waals surface area contributed by atoms with Crippen LogP contribution in [-0.4, -0.2) is 24.5 Å². The Morgan fingerprint density at radius 1 is 1.35 bits per heavy atom. The van der Waals surface area contributed by atoms with Gasteiger partial charge in [-0.2, -0.15) is 0 Å². The van der Waals surface area contributed by atoms with Crippen LogP contribution in [0.25, 0.3) is 11.5 Å². The number of rotatable bonds is 6. The number of hydrogen-bond donors (Lipinski definition) is 2. The van der Waals surface area contributed by atoms with Gasteiger partial charge in [0.1, 0.15) is 6.26 Å². The number of nitrogens with one attached hydrogen (secondary N) is 2. The molecule has 0 spiro atoms. The lowest BCUT2D eigenvalue weighted by Crippen LogP contribution is -2.33. The summed E-state index contributed by atoms with van der Waals surface area (Å²) in [5.41, 5.74) is 1.64. The average molecular weight is 273 g/mol. The molecule has 5 heteroatoms. The standard InChI is InChI=1S/C15H19N3O2/c1-11(8-16-2)14(19)17-9-13-10-20-15(18-13)12-6-4-3-5-7-12/h3-7,10-11,16H,8-9H2,1-2H3,(H,17,19). The molecule has 0 radical (unpaired) electrons. The minimum atomic E-state index is -0.0690. The summed E-state index contributed by atoms with van der Waals surface area (Å²) in [5.74, 6) is 0.502. The summed E-state index contributed by atoms with van der Waals surface area (Å²) in [6, 6.07) is 9.67. The number of amides is 1. The third kappa shape index (κ3) is 3.68. The van der Waals surface area contributed by atoms with Gasteiger partial charge < -0.3 is 15.1 Å². The molecular weight excluding hydrogens is 254 g/mol. The van der Waals surface area contributed by atoms with Crippen LogP contribution in [0.15, 0.2) is 41.0 Å². The van der Waals surface area contributed by atoms with Gasteiger partial charge in [0.15, 0.2) is 0 Å². The van der Waals surface area contributed by atoms with Gasteiger partial charge in [0.05, 0.1) is 12.2 Å². The molecule has 0 saturated heterocycles. The zero-order chi connectivity index (χ0) is 14.4. The zero-order valence-electron chi connectivity index (χ0n) is 11.7. The highest BCUT2D eigenvalue weighted by atomic mass is 16.3. The molecule has 5 nitrogen and oxygen atoms in total. The Kier molecular flexibility index (Phi) is 4.90. The molecule has 0 aliphatic heterocycles. The molecule has 1 unspecified atom stereocenters. The van der Waals surface area contributed by atoms with E-state index >= 15 is 0 Å². The van der Waals surface area contributed by atoms with Gasteiger partial charge in [0.2, 0.25) is 11.8 Å². The van der Waals surface area contributed by atoms with Crippen molar-refractivity contribution < 1.29 is 9.21 Å². The van der Waals surface area contributed by atoms with E-state index < -0.39 is 0 Å². The molecule has 1 atom stereocenters. The van der Waals surface area contributed by atoms with Gasteiger partial charge >= 0.3 is 0 Å². The van der Waals surface area contributed by atoms with Gasteiger partial charge in [-0.1, -0.05) is 25.1 Å². The maximum atomic E-state index is 11.8. The number of aromatic nitrogens is 1. The number of carbonyl (C=O) groups is 1. The Balaban J connectivity index is 1.92. The second-order valence-corrected chi connectivity index (χ2v) is 4.69. The molecule has 2 rings (SSSR count). The molecule has 0 aliphatic carbocycles. The predicted molar refractivity (Wildman–Crippen MR) is 76.9 cm³/mol. The lowest BCUT2D eigenvalue weighted by molar-refractivity contribution is -0.124. The maximum Gasteiger partial charge on any atom is 0.226 e. The number of nitrogens with zero attached hydrogens (tertiary/aromatic N) is 1. The molecule has 1 aromatic heterocycles. The summed E-state index contributed by atoms with van der Waals surface area (Å²) in [4.78, 5) is 16.1. The molecule has 1 aromatic carbocycles. The van der Waals surface area contributed by atoms with E-state index in [0.717, 1.165) is 5.56 Å². The van der Waals surface area contributed by atoms with Gasteiger partial charge in [-0.15, -0.1) is 0 Å². The molecule has 2 aromatic rings. The fourth-order valence-electron chi connectivity index (χ4n) is 1.85. The van der Waals surface area contributed by atoms with Gasteiger partial charge in [-0.3, -0.25) is 4.79 Å². The number of benzene rings is 1. The highest BCUT2D eigenvalue weighted by Crippen LogP contribution is 2.17. The third-order valence-corrected chi connectivity index (χ3v) is 2.97. The van der Waals surface area contributed by atoms with Crippen LogP contribution < -0.4 is 10.6 Å². The van der Waals surface area contributed by atoms with E-state index in [1.807, 2.05) is 44.3 Å². The van der Waals surface area contributed by atoms with Crippen LogP contribution >= 0.6 is 0 Å². The molecule has 2 N–H and O–H groups in total. The Bertz CT molecular complexity index is 551. The van der Waals surface area contributed by atoms with Gasteiger partial charge in [-0.25, -0.2) is 4.98 Å². The molecule has 0 aliphatic rings. The van der Waals surface area contributed by atoms with Crippen molar-refractivity contribution in [1.82, 2.24) is 15.6 Å². The Morgan fingerprint density at radius 2 is 2.10 bits per heavy atom. The van der Waals surface area contributed by atoms with Crippen LogP contribution in [-0.2, 0) is 11.3 Å². The highest BCUT2D eigenvalue weighted by Gasteiger charge is 2.12. The summed E-state index contributed by atoms with van der Waals surface area (Å²) in [7, 11) is 1.83. The maximum absolute atomic E-state index is 11.8. The van der Waals surface area contributed by atoms with E-state index in [1.54, 1.807) is 6.26 Å². The van der Waals surface area contributed by atoms with Crippen molar-refractivity contribution in [3.05, 3.63) is 42.3 Å². The normalized spacial score (nSPS) is 12.1. The Morgan fingerprint density at radius 3 is 2.80 bits per heavy atom. The molecular formula is C15H19N3O2. The lowest BCUT2D eigenvalue weighted by Gasteiger charge is -2.10. The summed E-state index contributed by atoms with van der Waals surface area (Å²) >= 11 is 0. The van der Waals surface area contributed by atoms with E-state index in [4.69, 9.17) is 4.42 Å². The van der Waals surface area contributed by atoms with Crippen molar-refractivity contribution in [2.45, 2.75) is 13.5 Å². The first-order valence-electron chi connectivity index (χ1n) is 6.63. The van der Waals surface area contributed by atoms with Crippen molar-refractivity contribution in [2.24, 2.45) is 5.92 Å². The van der Waals surface area contributed by atoms with Crippen molar-refractivity contribution in [2.75, 3.05) is 13.6 Å². The van der Waals surface area contributed by atoms with E-state index in [2.05, 4.69) is 15.6 Å². The van der Waals surface area contributed by atoms with Crippen LogP contribution in [0, 0.1) is 5.92 Å². The highest BCUT2D eigenvalue weighted by molar-refractivity contribution is 5.78. The fourth-order valence-corrected chi connectivity index (χ4v) is 1.85. The molecule has 0 bridgehead atoms. The molecule has 20 heavy (non-hydrogen) atoms. The van der Waals surface area contributed by atoms with Gasteiger partial charge in [0.25, 0.3) is 0 Å². The minimum Gasteiger partial charge on any atom is -0.444 e. The van der Waals surface area contributed by atoms with Crippen molar-refractivity contribution >= 4 is 5.91 Å². The zero-order valence-corrected chi connectivity index (χ0v) is 11.7. The first-order chi connectivity index (χ1) is 9.70. The molecule has 0 fully saturated rings. The predicted octanol–water partition coefficient (Wildman–Crippen LogP) is 1.81. The summed E-state index contributed by atoms with van der Waals surface area (Å²) in [6.45, 7) is 2.91. The largest absolute Gasteiger partial charge is 0.444 e. The quantitative estimate of drug-likeness (QED) is 0.842. The monoisotopic (exact) mass is 273 g/mol. The van der Waals surface area contributed by atoms with Crippen LogP contribution in [0.5, 0.6) is 0 Å². The number of carbonyl (C=O) groups excluding carboxylic acids is 1. The average Bonchev–Trinajstić information content (AvgIpc) is 2.95. The van der Waals surface area contributed by atoms with Crippen LogP contribution in [0.4, 0.5) is 0 Å². The molecule has 1 amide bonds. The summed E-state index contributed by atoms with van der Waals surface area (Å²) in [5, 5.41) is 5.82. The van der Waals surface area contributed by atoms with E-state index in [-0.39, 0.29) is 11.8 Å². The van der Waals surface area contributed by atoms with Gasteiger partial charge in [0, 0.05) is 18.0 Å². The van der Waals surface area contributed by atoms with Gasteiger partial charge in [-0.05, 0) is 19.2 Å². The van der Waals surface area contributed by atoms with Crippen LogP contribution in [0.2, 0.25) is 0 Å². The second-order valence-electron chi connectivity index (χ2n) is 4.69. The minimum absolute atomic E-state index is 0.00334. The van der Waals surface area contributed by atoms with Crippen LogP contribution in [0.3, 0.4) is 0 Å². The Labute approximate surface area is 118 Å². The lowest BCUT2D eigenvalue weighted by atomic mass is 10.1. The smallest absolute Gasteiger partial charge is 0.226 e. The first-order valence-corrected chi connectivity index (χ1v) is 6.63. The van der Waals surface area contributed by atoms with E-state index in [9.17, 15) is 4.79 Å². The SMILES string of the molecule is CNCC(C)C(=O)NCc1coc(-c2ccccc2)n1. The topological polar surface area (TPSA) is 67.2 Å². The van der Waals surface area contributed by atoms with Crippen molar-refractivity contribution in [3.63, 3.8) is 0 Å². The van der Waals surface area contributed by atoms with E-state index in [0.29, 0.717) is 24.7 Å².